The van der Waals surface area contributed by atoms with Crippen LogP contribution < -0.4 is 0 Å². The van der Waals surface area contributed by atoms with Crippen molar-refractivity contribution >= 4 is 0 Å². The summed E-state index contributed by atoms with van der Waals surface area (Å²) < 4.78 is 5.36. The molecule has 1 saturated heterocycles. The van der Waals surface area contributed by atoms with E-state index in [-0.39, 0.29) is 11.1 Å². The van der Waals surface area contributed by atoms with Crippen LogP contribution in [0.25, 0.3) is 0 Å². The highest BCUT2D eigenvalue weighted by atomic mass is 16.5. The number of rotatable bonds is 1. The van der Waals surface area contributed by atoms with Gasteiger partial charge in [0.25, 0.3) is 0 Å². The normalized spacial score (nSPS) is 35.3. The van der Waals surface area contributed by atoms with Gasteiger partial charge in [-0.25, -0.2) is 0 Å². The maximum atomic E-state index is 9.47. The monoisotopic (exact) mass is 205 g/mol. The molecular formula is C11H15N3O. The molecule has 0 aromatic carbocycles. The fourth-order valence-corrected chi connectivity index (χ4v) is 3.27. The van der Waals surface area contributed by atoms with Gasteiger partial charge < -0.3 is 4.74 Å². The molecule has 3 rings (SSSR count). The summed E-state index contributed by atoms with van der Waals surface area (Å²) in [6.45, 7) is 1.44. The number of ether oxygens (including phenoxy) is 1. The van der Waals surface area contributed by atoms with Crippen LogP contribution in [0.3, 0.4) is 0 Å². The van der Waals surface area contributed by atoms with Crippen LogP contribution in [0.4, 0.5) is 0 Å². The van der Waals surface area contributed by atoms with Gasteiger partial charge in [0.2, 0.25) is 0 Å². The van der Waals surface area contributed by atoms with Crippen molar-refractivity contribution in [3.8, 4) is 6.07 Å². The third-order valence-electron chi connectivity index (χ3n) is 4.23. The molecule has 2 heterocycles. The van der Waals surface area contributed by atoms with E-state index in [9.17, 15) is 5.26 Å². The Morgan fingerprint density at radius 3 is 2.53 bits per heavy atom. The van der Waals surface area contributed by atoms with Crippen molar-refractivity contribution in [1.82, 2.24) is 0 Å². The second-order valence-corrected chi connectivity index (χ2v) is 4.90. The van der Waals surface area contributed by atoms with Crippen molar-refractivity contribution in [2.75, 3.05) is 13.2 Å². The molecule has 1 spiro atoms. The number of nitriles is 1. The van der Waals surface area contributed by atoms with Crippen molar-refractivity contribution in [2.24, 2.45) is 21.6 Å². The summed E-state index contributed by atoms with van der Waals surface area (Å²) in [5.41, 5.74) is -0.356. The minimum atomic E-state index is -0.210. The molecule has 15 heavy (non-hydrogen) atoms. The van der Waals surface area contributed by atoms with E-state index >= 15 is 0 Å². The molecule has 1 atom stereocenters. The summed E-state index contributed by atoms with van der Waals surface area (Å²) in [7, 11) is 0. The van der Waals surface area contributed by atoms with Gasteiger partial charge in [-0.1, -0.05) is 0 Å². The minimum absolute atomic E-state index is 0.146. The van der Waals surface area contributed by atoms with Gasteiger partial charge in [-0.2, -0.15) is 15.5 Å². The van der Waals surface area contributed by atoms with E-state index in [2.05, 4.69) is 16.3 Å². The molecule has 2 aliphatic heterocycles. The van der Waals surface area contributed by atoms with Crippen molar-refractivity contribution in [3.05, 3.63) is 0 Å². The maximum absolute atomic E-state index is 9.47. The molecule has 0 amide bonds. The second-order valence-electron chi connectivity index (χ2n) is 4.90. The van der Waals surface area contributed by atoms with Crippen LogP contribution in [0.1, 0.15) is 32.1 Å². The van der Waals surface area contributed by atoms with Crippen LogP contribution in [-0.2, 0) is 4.74 Å². The topological polar surface area (TPSA) is 57.7 Å². The Labute approximate surface area is 89.3 Å². The summed E-state index contributed by atoms with van der Waals surface area (Å²) in [6, 6.07) is 2.55. The van der Waals surface area contributed by atoms with Crippen molar-refractivity contribution in [1.29, 1.82) is 5.26 Å². The van der Waals surface area contributed by atoms with Crippen LogP contribution >= 0.6 is 0 Å². The van der Waals surface area contributed by atoms with Crippen LogP contribution in [0.2, 0.25) is 0 Å². The molecular weight excluding hydrogens is 190 g/mol. The Kier molecular flexibility index (Phi) is 1.87. The van der Waals surface area contributed by atoms with Gasteiger partial charge in [0.05, 0.1) is 11.5 Å². The average molecular weight is 205 g/mol. The highest BCUT2D eigenvalue weighted by molar-refractivity contribution is 5.16. The molecule has 3 aliphatic rings. The van der Waals surface area contributed by atoms with Gasteiger partial charge in [-0.05, 0) is 32.1 Å². The van der Waals surface area contributed by atoms with E-state index in [4.69, 9.17) is 4.74 Å². The van der Waals surface area contributed by atoms with Gasteiger partial charge in [-0.3, -0.25) is 0 Å². The van der Waals surface area contributed by atoms with E-state index in [1.54, 1.807) is 0 Å². The SMILES string of the molecule is N#CC1(C2CCCC23N=N3)CCOCC1. The fraction of sp³-hybridized carbons (Fsp3) is 0.909. The molecule has 0 bridgehead atoms. The molecule has 0 N–H and O–H groups in total. The number of nitrogens with zero attached hydrogens (tertiary/aromatic N) is 3. The third kappa shape index (κ3) is 1.23. The Hall–Kier alpha value is -0.950. The minimum Gasteiger partial charge on any atom is -0.381 e. The first kappa shape index (κ1) is 9.29. The highest BCUT2D eigenvalue weighted by Crippen LogP contribution is 2.58. The summed E-state index contributed by atoms with van der Waals surface area (Å²) in [5.74, 6) is 0.360. The molecule has 1 aliphatic carbocycles. The number of hydrogen-bond acceptors (Lipinski definition) is 4. The molecule has 4 heteroatoms. The van der Waals surface area contributed by atoms with Crippen LogP contribution in [0.15, 0.2) is 10.2 Å². The Bertz CT molecular complexity index is 332. The van der Waals surface area contributed by atoms with E-state index < -0.39 is 0 Å². The zero-order valence-corrected chi connectivity index (χ0v) is 8.78. The predicted octanol–water partition coefficient (Wildman–Crippen LogP) is 2.27. The van der Waals surface area contributed by atoms with Crippen LogP contribution in [-0.4, -0.2) is 18.9 Å². The molecule has 4 nitrogen and oxygen atoms in total. The second kappa shape index (κ2) is 3.02. The first-order valence-corrected chi connectivity index (χ1v) is 5.74. The van der Waals surface area contributed by atoms with Crippen LogP contribution in [0, 0.1) is 22.7 Å². The third-order valence-corrected chi connectivity index (χ3v) is 4.23. The summed E-state index contributed by atoms with van der Waals surface area (Å²) in [6.07, 6.45) is 5.06. The van der Waals surface area contributed by atoms with Crippen molar-refractivity contribution in [3.63, 3.8) is 0 Å². The zero-order valence-electron chi connectivity index (χ0n) is 8.78. The molecule has 80 valence electrons. The lowest BCUT2D eigenvalue weighted by Crippen LogP contribution is -2.40. The fourth-order valence-electron chi connectivity index (χ4n) is 3.27. The van der Waals surface area contributed by atoms with E-state index in [1.807, 2.05) is 0 Å². The molecule has 1 unspecified atom stereocenters. The smallest absolute Gasteiger partial charge is 0.195 e. The Morgan fingerprint density at radius 1 is 1.20 bits per heavy atom. The zero-order chi connectivity index (χ0) is 10.4. The standard InChI is InChI=1S/C11H15N3O/c12-8-10(4-6-15-7-5-10)9-2-1-3-11(9)13-14-11/h9H,1-7H2. The van der Waals surface area contributed by atoms with Crippen LogP contribution in [0.5, 0.6) is 0 Å². The highest BCUT2D eigenvalue weighted by Gasteiger charge is 2.60. The summed E-state index contributed by atoms with van der Waals surface area (Å²) in [4.78, 5) is 0. The van der Waals surface area contributed by atoms with Gasteiger partial charge in [-0.15, -0.1) is 0 Å². The van der Waals surface area contributed by atoms with E-state index in [0.29, 0.717) is 5.92 Å². The van der Waals surface area contributed by atoms with Crippen molar-refractivity contribution < 1.29 is 4.74 Å². The van der Waals surface area contributed by atoms with Gasteiger partial charge in [0.1, 0.15) is 0 Å². The van der Waals surface area contributed by atoms with Gasteiger partial charge >= 0.3 is 0 Å². The van der Waals surface area contributed by atoms with Gasteiger partial charge in [0, 0.05) is 19.1 Å². The average Bonchev–Trinajstić information content (AvgIpc) is 2.91. The largest absolute Gasteiger partial charge is 0.381 e. The lowest BCUT2D eigenvalue weighted by molar-refractivity contribution is 0.00694. The Morgan fingerprint density at radius 2 is 1.93 bits per heavy atom. The molecule has 2 fully saturated rings. The Balaban J connectivity index is 1.86. The molecule has 1 saturated carbocycles. The summed E-state index contributed by atoms with van der Waals surface area (Å²) >= 11 is 0. The summed E-state index contributed by atoms with van der Waals surface area (Å²) in [5, 5.41) is 17.9. The molecule has 0 radical (unpaired) electrons. The lowest BCUT2D eigenvalue weighted by atomic mass is 9.67. The first-order chi connectivity index (χ1) is 7.31. The van der Waals surface area contributed by atoms with E-state index in [0.717, 1.165) is 38.9 Å². The number of hydrogen-bond donors (Lipinski definition) is 0. The molecule has 0 aromatic heterocycles. The van der Waals surface area contributed by atoms with E-state index in [1.165, 1.54) is 6.42 Å². The predicted molar refractivity (Wildman–Crippen MR) is 53.0 cm³/mol. The molecule has 0 aromatic rings. The lowest BCUT2D eigenvalue weighted by Gasteiger charge is -2.37. The maximum Gasteiger partial charge on any atom is 0.195 e. The first-order valence-electron chi connectivity index (χ1n) is 5.74. The van der Waals surface area contributed by atoms with Crippen molar-refractivity contribution in [2.45, 2.75) is 37.8 Å². The quantitative estimate of drug-likeness (QED) is 0.659. The van der Waals surface area contributed by atoms with Gasteiger partial charge in [0.15, 0.2) is 5.66 Å².